The van der Waals surface area contributed by atoms with Crippen molar-refractivity contribution in [2.45, 2.75) is 0 Å². The van der Waals surface area contributed by atoms with Crippen molar-refractivity contribution in [3.63, 3.8) is 0 Å². The van der Waals surface area contributed by atoms with Crippen LogP contribution in [0.3, 0.4) is 0 Å². The van der Waals surface area contributed by atoms with Crippen LogP contribution in [0.2, 0.25) is 0 Å². The van der Waals surface area contributed by atoms with Crippen molar-refractivity contribution in [2.75, 3.05) is 0 Å². The lowest BCUT2D eigenvalue weighted by Crippen LogP contribution is -1.96. The molecule has 0 aliphatic rings. The first-order chi connectivity index (χ1) is 23.8. The standard InChI is InChI=1S/C48H30/c1-2-16-33(17-3-1)46-44(37-25-12-18-31-14-4-6-19-34(31)37)30-45-40-23-9-8-21-38(40)39-22-10-11-24-42(39)47(45)48(46)43-27-13-26-36-35-20-7-5-15-32(35)28-29-41(36)43/h1-30H. The van der Waals surface area contributed by atoms with Crippen LogP contribution in [0.25, 0.3) is 98.0 Å². The molecule has 48 heavy (non-hydrogen) atoms. The molecule has 0 nitrogen and oxygen atoms in total. The second-order valence-corrected chi connectivity index (χ2v) is 12.8. The first-order valence-electron chi connectivity index (χ1n) is 16.7. The third-order valence-electron chi connectivity index (χ3n) is 10.2. The molecular weight excluding hydrogens is 577 g/mol. The molecule has 0 heterocycles. The van der Waals surface area contributed by atoms with E-state index >= 15 is 0 Å². The summed E-state index contributed by atoms with van der Waals surface area (Å²) >= 11 is 0. The quantitative estimate of drug-likeness (QED) is 0.176. The highest BCUT2D eigenvalue weighted by Crippen LogP contribution is 2.51. The van der Waals surface area contributed by atoms with E-state index in [1.54, 1.807) is 0 Å². The highest BCUT2D eigenvalue weighted by atomic mass is 14.3. The Morgan fingerprint density at radius 3 is 1.50 bits per heavy atom. The summed E-state index contributed by atoms with van der Waals surface area (Å²) in [6.07, 6.45) is 0. The van der Waals surface area contributed by atoms with Crippen LogP contribution >= 0.6 is 0 Å². The highest BCUT2D eigenvalue weighted by molar-refractivity contribution is 6.32. The Balaban J connectivity index is 1.51. The fraction of sp³-hybridized carbons (Fsp3) is 0. The Bertz CT molecular complexity index is 2870. The Labute approximate surface area is 279 Å². The summed E-state index contributed by atoms with van der Waals surface area (Å²) in [5, 5.41) is 15.3. The van der Waals surface area contributed by atoms with Crippen LogP contribution in [0.15, 0.2) is 182 Å². The molecule has 0 aliphatic carbocycles. The van der Waals surface area contributed by atoms with Gasteiger partial charge in [0.05, 0.1) is 0 Å². The van der Waals surface area contributed by atoms with Crippen molar-refractivity contribution in [3.8, 4) is 33.4 Å². The van der Waals surface area contributed by atoms with Gasteiger partial charge in [-0.15, -0.1) is 0 Å². The third-order valence-corrected chi connectivity index (χ3v) is 10.2. The predicted octanol–water partition coefficient (Wildman–Crippen LogP) is 13.6. The number of rotatable bonds is 3. The average molecular weight is 607 g/mol. The second-order valence-electron chi connectivity index (χ2n) is 12.8. The average Bonchev–Trinajstić information content (AvgIpc) is 3.17. The predicted molar refractivity (Wildman–Crippen MR) is 208 cm³/mol. The topological polar surface area (TPSA) is 0 Å². The summed E-state index contributed by atoms with van der Waals surface area (Å²) in [5.41, 5.74) is 7.51. The van der Waals surface area contributed by atoms with E-state index in [1.807, 2.05) is 0 Å². The van der Waals surface area contributed by atoms with Crippen molar-refractivity contribution in [1.82, 2.24) is 0 Å². The highest BCUT2D eigenvalue weighted by Gasteiger charge is 2.23. The van der Waals surface area contributed by atoms with Crippen molar-refractivity contribution in [2.24, 2.45) is 0 Å². The molecule has 10 aromatic carbocycles. The van der Waals surface area contributed by atoms with Crippen LogP contribution in [-0.2, 0) is 0 Å². The molecule has 0 fully saturated rings. The maximum absolute atomic E-state index is 2.48. The molecule has 10 rings (SSSR count). The van der Waals surface area contributed by atoms with Crippen molar-refractivity contribution >= 4 is 64.6 Å². The lowest BCUT2D eigenvalue weighted by molar-refractivity contribution is 1.62. The van der Waals surface area contributed by atoms with E-state index < -0.39 is 0 Å². The monoisotopic (exact) mass is 606 g/mol. The van der Waals surface area contributed by atoms with Gasteiger partial charge in [-0.1, -0.05) is 176 Å². The SMILES string of the molecule is c1ccc(-c2c(-c3cccc4ccccc34)cc3c4ccccc4c4ccccc4c3c2-c2cccc3c2ccc2ccccc23)cc1. The normalized spacial score (nSPS) is 11.8. The summed E-state index contributed by atoms with van der Waals surface area (Å²) in [7, 11) is 0. The fourth-order valence-corrected chi connectivity index (χ4v) is 8.17. The summed E-state index contributed by atoms with van der Waals surface area (Å²) < 4.78 is 0. The zero-order valence-electron chi connectivity index (χ0n) is 26.3. The van der Waals surface area contributed by atoms with E-state index in [2.05, 4.69) is 182 Å². The Kier molecular flexibility index (Phi) is 5.98. The molecule has 0 unspecified atom stereocenters. The van der Waals surface area contributed by atoms with Gasteiger partial charge >= 0.3 is 0 Å². The van der Waals surface area contributed by atoms with Gasteiger partial charge < -0.3 is 0 Å². The van der Waals surface area contributed by atoms with Crippen LogP contribution in [0.4, 0.5) is 0 Å². The smallest absolute Gasteiger partial charge is 0.000785 e. The van der Waals surface area contributed by atoms with Gasteiger partial charge in [-0.3, -0.25) is 0 Å². The van der Waals surface area contributed by atoms with Gasteiger partial charge in [0.2, 0.25) is 0 Å². The summed E-state index contributed by atoms with van der Waals surface area (Å²) in [5.74, 6) is 0. The van der Waals surface area contributed by atoms with Crippen LogP contribution in [0, 0.1) is 0 Å². The molecule has 0 bridgehead atoms. The minimum Gasteiger partial charge on any atom is -0.0622 e. The molecule has 0 aliphatic heterocycles. The number of hydrogen-bond acceptors (Lipinski definition) is 0. The van der Waals surface area contributed by atoms with Crippen LogP contribution in [-0.4, -0.2) is 0 Å². The molecular formula is C48H30. The van der Waals surface area contributed by atoms with E-state index in [0.717, 1.165) is 0 Å². The van der Waals surface area contributed by atoms with E-state index in [-0.39, 0.29) is 0 Å². The summed E-state index contributed by atoms with van der Waals surface area (Å²) in [6.45, 7) is 0. The number of fused-ring (bicyclic) bond motifs is 10. The molecule has 0 N–H and O–H groups in total. The van der Waals surface area contributed by atoms with Crippen molar-refractivity contribution in [1.29, 1.82) is 0 Å². The lowest BCUT2D eigenvalue weighted by Gasteiger charge is -2.24. The Morgan fingerprint density at radius 2 is 0.729 bits per heavy atom. The van der Waals surface area contributed by atoms with Gasteiger partial charge in [0, 0.05) is 0 Å². The molecule has 0 atom stereocenters. The van der Waals surface area contributed by atoms with Crippen LogP contribution < -0.4 is 0 Å². The van der Waals surface area contributed by atoms with E-state index in [9.17, 15) is 0 Å². The molecule has 222 valence electrons. The van der Waals surface area contributed by atoms with Gasteiger partial charge in [-0.2, -0.15) is 0 Å². The largest absolute Gasteiger partial charge is 0.0622 e. The second kappa shape index (κ2) is 10.7. The van der Waals surface area contributed by atoms with E-state index in [0.29, 0.717) is 0 Å². The molecule has 0 spiro atoms. The minimum atomic E-state index is 1.22. The molecule has 0 amide bonds. The fourth-order valence-electron chi connectivity index (χ4n) is 8.17. The first kappa shape index (κ1) is 26.9. The molecule has 0 heteroatoms. The van der Waals surface area contributed by atoms with Gasteiger partial charge in [0.25, 0.3) is 0 Å². The molecule has 0 aromatic heterocycles. The van der Waals surface area contributed by atoms with Crippen LogP contribution in [0.1, 0.15) is 0 Å². The van der Waals surface area contributed by atoms with Crippen LogP contribution in [0.5, 0.6) is 0 Å². The zero-order chi connectivity index (χ0) is 31.6. The lowest BCUT2D eigenvalue weighted by atomic mass is 9.79. The summed E-state index contributed by atoms with van der Waals surface area (Å²) in [6, 6.07) is 67.2. The van der Waals surface area contributed by atoms with Gasteiger partial charge in [-0.25, -0.2) is 0 Å². The molecule has 10 aromatic rings. The third kappa shape index (κ3) is 3.96. The molecule has 0 saturated heterocycles. The molecule has 0 radical (unpaired) electrons. The Hall–Kier alpha value is -6.24. The Morgan fingerprint density at radius 1 is 0.229 bits per heavy atom. The number of benzene rings is 10. The maximum Gasteiger partial charge on any atom is -0.000785 e. The summed E-state index contributed by atoms with van der Waals surface area (Å²) in [4.78, 5) is 0. The van der Waals surface area contributed by atoms with Gasteiger partial charge in [0.1, 0.15) is 0 Å². The van der Waals surface area contributed by atoms with Crippen molar-refractivity contribution in [3.05, 3.63) is 182 Å². The zero-order valence-corrected chi connectivity index (χ0v) is 26.3. The molecule has 0 saturated carbocycles. The number of hydrogen-bond donors (Lipinski definition) is 0. The van der Waals surface area contributed by atoms with Gasteiger partial charge in [0.15, 0.2) is 0 Å². The van der Waals surface area contributed by atoms with E-state index in [1.165, 1.54) is 98.0 Å². The van der Waals surface area contributed by atoms with E-state index in [4.69, 9.17) is 0 Å². The minimum absolute atomic E-state index is 1.22. The van der Waals surface area contributed by atoms with Gasteiger partial charge in [-0.05, 0) is 104 Å². The van der Waals surface area contributed by atoms with Crippen molar-refractivity contribution < 1.29 is 0 Å². The first-order valence-corrected chi connectivity index (χ1v) is 16.7. The maximum atomic E-state index is 2.48.